The Morgan fingerprint density at radius 2 is 2.00 bits per heavy atom. The molecule has 0 spiro atoms. The van der Waals surface area contributed by atoms with E-state index in [1.165, 1.54) is 16.3 Å². The highest BCUT2D eigenvalue weighted by atomic mass is 32.1. The minimum atomic E-state index is -1.27. The van der Waals surface area contributed by atoms with E-state index in [1.807, 2.05) is 0 Å². The molecule has 0 aliphatic carbocycles. The zero-order valence-electron chi connectivity index (χ0n) is 18.2. The first kappa shape index (κ1) is 24.3. The van der Waals surface area contributed by atoms with Gasteiger partial charge in [0.1, 0.15) is 23.2 Å². The molecule has 2 aliphatic heterocycles. The predicted molar refractivity (Wildman–Crippen MR) is 114 cm³/mol. The predicted octanol–water partition coefficient (Wildman–Crippen LogP) is -0.455. The minimum absolute atomic E-state index is 0.00178. The maximum absolute atomic E-state index is 13.4. The molecule has 1 aromatic rings. The Hall–Kier alpha value is -3.35. The molecule has 0 saturated carbocycles. The van der Waals surface area contributed by atoms with Gasteiger partial charge in [-0.2, -0.15) is 0 Å². The zero-order chi connectivity index (χ0) is 24.3. The van der Waals surface area contributed by atoms with E-state index >= 15 is 0 Å². The molecule has 13 heteroatoms. The van der Waals surface area contributed by atoms with E-state index in [1.54, 1.807) is 13.8 Å². The average Bonchev–Trinajstić information content (AvgIpc) is 3.06. The fourth-order valence-corrected chi connectivity index (χ4v) is 4.80. The van der Waals surface area contributed by atoms with Gasteiger partial charge in [-0.3, -0.25) is 29.0 Å². The number of fused-ring (bicyclic) bond motifs is 1. The number of hydrazine groups is 1. The van der Waals surface area contributed by atoms with Gasteiger partial charge in [-0.15, -0.1) is 11.3 Å². The summed E-state index contributed by atoms with van der Waals surface area (Å²) in [5, 5.41) is 16.9. The molecule has 1 aromatic heterocycles. The van der Waals surface area contributed by atoms with Crippen molar-refractivity contribution in [2.45, 2.75) is 64.1 Å². The van der Waals surface area contributed by atoms with Crippen molar-refractivity contribution in [2.24, 2.45) is 0 Å². The number of carboxylic acids is 1. The van der Waals surface area contributed by atoms with Crippen molar-refractivity contribution in [1.82, 2.24) is 25.6 Å². The van der Waals surface area contributed by atoms with Crippen LogP contribution in [0.3, 0.4) is 0 Å². The second-order valence-electron chi connectivity index (χ2n) is 7.92. The highest BCUT2D eigenvalue weighted by Crippen LogP contribution is 2.26. The monoisotopic (exact) mass is 479 g/mol. The largest absolute Gasteiger partial charge is 0.481 e. The quantitative estimate of drug-likeness (QED) is 0.442. The van der Waals surface area contributed by atoms with E-state index in [0.717, 1.165) is 5.01 Å². The summed E-state index contributed by atoms with van der Waals surface area (Å²) in [6, 6.07) is -3.42. The number of thiazole rings is 1. The molecule has 2 fully saturated rings. The van der Waals surface area contributed by atoms with E-state index in [4.69, 9.17) is 5.11 Å². The van der Waals surface area contributed by atoms with Crippen molar-refractivity contribution in [3.05, 3.63) is 15.6 Å². The fraction of sp³-hybridized carbons (Fsp3) is 0.550. The highest BCUT2D eigenvalue weighted by Gasteiger charge is 2.45. The SMILES string of the molecule is Cc1nc(C)c(C(=O)NC2CCC(=O)N3CCCC(C(=O)NC(C=O)CC(=O)O)N3C2=O)s1. The molecule has 33 heavy (non-hydrogen) atoms. The van der Waals surface area contributed by atoms with Gasteiger partial charge in [0.2, 0.25) is 11.8 Å². The minimum Gasteiger partial charge on any atom is -0.481 e. The highest BCUT2D eigenvalue weighted by molar-refractivity contribution is 7.13. The van der Waals surface area contributed by atoms with Gasteiger partial charge in [-0.1, -0.05) is 0 Å². The lowest BCUT2D eigenvalue weighted by atomic mass is 10.0. The summed E-state index contributed by atoms with van der Waals surface area (Å²) in [6.45, 7) is 3.67. The second-order valence-corrected chi connectivity index (χ2v) is 9.12. The van der Waals surface area contributed by atoms with E-state index in [-0.39, 0.29) is 31.7 Å². The van der Waals surface area contributed by atoms with Crippen molar-refractivity contribution in [3.8, 4) is 0 Å². The molecule has 4 amide bonds. The number of rotatable bonds is 7. The Bertz CT molecular complexity index is 993. The molecule has 0 bridgehead atoms. The molecule has 178 valence electrons. The number of aromatic nitrogens is 1. The van der Waals surface area contributed by atoms with Crippen molar-refractivity contribution in [3.63, 3.8) is 0 Å². The van der Waals surface area contributed by atoms with Crippen molar-refractivity contribution >= 4 is 47.2 Å². The van der Waals surface area contributed by atoms with Crippen molar-refractivity contribution < 1.29 is 33.9 Å². The van der Waals surface area contributed by atoms with Crippen LogP contribution in [0.5, 0.6) is 0 Å². The van der Waals surface area contributed by atoms with Crippen molar-refractivity contribution in [1.29, 1.82) is 0 Å². The number of aryl methyl sites for hydroxylation is 2. The Morgan fingerprint density at radius 3 is 2.61 bits per heavy atom. The molecule has 3 unspecified atom stereocenters. The molecule has 12 nitrogen and oxygen atoms in total. The smallest absolute Gasteiger partial charge is 0.305 e. The Labute approximate surface area is 193 Å². The van der Waals surface area contributed by atoms with Crippen LogP contribution in [0.4, 0.5) is 0 Å². The summed E-state index contributed by atoms with van der Waals surface area (Å²) in [5.74, 6) is -3.47. The lowest BCUT2D eigenvalue weighted by molar-refractivity contribution is -0.176. The summed E-state index contributed by atoms with van der Waals surface area (Å²) in [7, 11) is 0. The maximum Gasteiger partial charge on any atom is 0.305 e. The van der Waals surface area contributed by atoms with E-state index in [0.29, 0.717) is 28.3 Å². The number of nitrogens with one attached hydrogen (secondary N) is 2. The third kappa shape index (κ3) is 5.35. The number of carbonyl (C=O) groups excluding carboxylic acids is 5. The summed E-state index contributed by atoms with van der Waals surface area (Å²) >= 11 is 1.19. The summed E-state index contributed by atoms with van der Waals surface area (Å²) in [6.07, 6.45) is 0.424. The molecular weight excluding hydrogens is 454 g/mol. The summed E-state index contributed by atoms with van der Waals surface area (Å²) in [5.41, 5.74) is 0.530. The molecule has 3 rings (SSSR count). The van der Waals surface area contributed by atoms with Gasteiger partial charge in [-0.25, -0.2) is 9.99 Å². The second kappa shape index (κ2) is 10.1. The average molecular weight is 480 g/mol. The van der Waals surface area contributed by atoms with Crippen molar-refractivity contribution in [2.75, 3.05) is 6.54 Å². The third-order valence-corrected chi connectivity index (χ3v) is 6.54. The number of aliphatic carboxylic acids is 1. The first-order chi connectivity index (χ1) is 15.6. The van der Waals surface area contributed by atoms with Crippen LogP contribution in [-0.4, -0.2) is 80.7 Å². The molecule has 2 aliphatic rings. The fourth-order valence-electron chi connectivity index (χ4n) is 3.97. The first-order valence-electron chi connectivity index (χ1n) is 10.5. The van der Waals surface area contributed by atoms with Crippen LogP contribution >= 0.6 is 11.3 Å². The molecule has 0 aromatic carbocycles. The lowest BCUT2D eigenvalue weighted by Crippen LogP contribution is -2.64. The van der Waals surface area contributed by atoms with Gasteiger partial charge in [0.05, 0.1) is 23.2 Å². The number of hydrogen-bond donors (Lipinski definition) is 3. The van der Waals surface area contributed by atoms with Gasteiger partial charge in [0.25, 0.3) is 11.8 Å². The standard InChI is InChI=1S/C20H25N5O7S/c1-10-17(33-11(2)21-10)19(31)23-13-5-6-15(27)24-7-3-4-14(25(24)20(13)32)18(30)22-12(9-26)8-16(28)29/h9,12-14H,3-8H2,1-2H3,(H,22,30)(H,23,31)(H,28,29). The number of nitrogens with zero attached hydrogens (tertiary/aromatic N) is 3. The maximum atomic E-state index is 13.4. The van der Waals surface area contributed by atoms with E-state index in [9.17, 15) is 28.8 Å². The first-order valence-corrected chi connectivity index (χ1v) is 11.3. The van der Waals surface area contributed by atoms with Gasteiger partial charge in [-0.05, 0) is 33.1 Å². The number of amides is 4. The van der Waals surface area contributed by atoms with Crippen LogP contribution in [0, 0.1) is 13.8 Å². The van der Waals surface area contributed by atoms with Crippen LogP contribution in [-0.2, 0) is 24.0 Å². The number of carbonyl (C=O) groups is 6. The zero-order valence-corrected chi connectivity index (χ0v) is 19.0. The Balaban J connectivity index is 1.82. The summed E-state index contributed by atoms with van der Waals surface area (Å²) in [4.78, 5) is 78.4. The third-order valence-electron chi connectivity index (χ3n) is 5.47. The Morgan fingerprint density at radius 1 is 1.27 bits per heavy atom. The van der Waals surface area contributed by atoms with Crippen LogP contribution in [0.25, 0.3) is 0 Å². The normalized spacial score (nSPS) is 21.6. The molecule has 2 saturated heterocycles. The summed E-state index contributed by atoms with van der Waals surface area (Å²) < 4.78 is 0. The molecule has 3 N–H and O–H groups in total. The van der Waals surface area contributed by atoms with Gasteiger partial charge in [0.15, 0.2) is 0 Å². The molecular formula is C20H25N5O7S. The number of hydrogen-bond acceptors (Lipinski definition) is 8. The molecule has 0 radical (unpaired) electrons. The van der Waals surface area contributed by atoms with Gasteiger partial charge >= 0.3 is 5.97 Å². The van der Waals surface area contributed by atoms with E-state index < -0.39 is 48.2 Å². The number of carboxylic acid groups (broad SMARTS) is 1. The van der Waals surface area contributed by atoms with Crippen LogP contribution in [0.2, 0.25) is 0 Å². The number of aldehydes is 1. The topological polar surface area (TPSA) is 166 Å². The van der Waals surface area contributed by atoms with Gasteiger partial charge in [0, 0.05) is 13.0 Å². The van der Waals surface area contributed by atoms with Crippen LogP contribution in [0.1, 0.15) is 52.5 Å². The van der Waals surface area contributed by atoms with Crippen LogP contribution in [0.15, 0.2) is 0 Å². The van der Waals surface area contributed by atoms with E-state index in [2.05, 4.69) is 15.6 Å². The molecule has 3 heterocycles. The Kier molecular flexibility index (Phi) is 7.41. The lowest BCUT2D eigenvalue weighted by Gasteiger charge is -2.43. The molecule has 3 atom stereocenters. The van der Waals surface area contributed by atoms with Crippen LogP contribution < -0.4 is 10.6 Å². The van der Waals surface area contributed by atoms with Gasteiger partial charge < -0.3 is 20.5 Å².